The maximum Gasteiger partial charge on any atom is 0.254 e. The molecule has 7 nitrogen and oxygen atoms in total. The van der Waals surface area contributed by atoms with Gasteiger partial charge in [0.25, 0.3) is 5.91 Å². The van der Waals surface area contributed by atoms with Crippen LogP contribution in [0.2, 0.25) is 0 Å². The average molecular weight is 331 g/mol. The van der Waals surface area contributed by atoms with Crippen molar-refractivity contribution in [1.82, 2.24) is 15.0 Å². The Morgan fingerprint density at radius 1 is 1.42 bits per heavy atom. The quantitative estimate of drug-likeness (QED) is 0.856. The van der Waals surface area contributed by atoms with Crippen LogP contribution < -0.4 is 4.74 Å². The Hall–Kier alpha value is -2.41. The monoisotopic (exact) mass is 331 g/mol. The zero-order chi connectivity index (χ0) is 17.1. The summed E-state index contributed by atoms with van der Waals surface area (Å²) in [6.45, 7) is 5.33. The summed E-state index contributed by atoms with van der Waals surface area (Å²) in [5.74, 6) is 1.82. The van der Waals surface area contributed by atoms with Crippen molar-refractivity contribution in [2.75, 3.05) is 26.8 Å². The van der Waals surface area contributed by atoms with Crippen LogP contribution in [0.25, 0.3) is 0 Å². The van der Waals surface area contributed by atoms with Crippen molar-refractivity contribution >= 4 is 5.91 Å². The van der Waals surface area contributed by atoms with E-state index in [0.717, 1.165) is 0 Å². The molecule has 1 fully saturated rings. The van der Waals surface area contributed by atoms with Crippen LogP contribution in [-0.2, 0) is 4.74 Å². The average Bonchev–Trinajstić information content (AvgIpc) is 3.12. The summed E-state index contributed by atoms with van der Waals surface area (Å²) in [6, 6.07) is 7.13. The Morgan fingerprint density at radius 3 is 2.96 bits per heavy atom. The van der Waals surface area contributed by atoms with Gasteiger partial charge in [-0.25, -0.2) is 0 Å². The first-order chi connectivity index (χ1) is 11.6. The Labute approximate surface area is 140 Å². The van der Waals surface area contributed by atoms with E-state index in [1.165, 1.54) is 0 Å². The molecule has 0 aliphatic carbocycles. The van der Waals surface area contributed by atoms with Crippen molar-refractivity contribution in [2.45, 2.75) is 25.9 Å². The van der Waals surface area contributed by atoms with Gasteiger partial charge >= 0.3 is 0 Å². The van der Waals surface area contributed by atoms with E-state index in [0.29, 0.717) is 42.7 Å². The van der Waals surface area contributed by atoms with Gasteiger partial charge in [-0.15, -0.1) is 0 Å². The Morgan fingerprint density at radius 2 is 2.25 bits per heavy atom. The number of amides is 1. The van der Waals surface area contributed by atoms with Gasteiger partial charge < -0.3 is 18.9 Å². The summed E-state index contributed by atoms with van der Waals surface area (Å²) < 4.78 is 16.1. The number of aromatic nitrogens is 2. The van der Waals surface area contributed by atoms with Gasteiger partial charge in [-0.3, -0.25) is 4.79 Å². The first kappa shape index (κ1) is 16.4. The van der Waals surface area contributed by atoms with E-state index in [9.17, 15) is 4.79 Å². The normalized spacial score (nSPS) is 18.0. The molecule has 3 rings (SSSR count). The fourth-order valence-corrected chi connectivity index (χ4v) is 2.54. The lowest BCUT2D eigenvalue weighted by Gasteiger charge is -2.31. The zero-order valence-electron chi connectivity index (χ0n) is 14.1. The minimum atomic E-state index is -0.371. The molecule has 0 unspecified atom stereocenters. The van der Waals surface area contributed by atoms with Gasteiger partial charge in [-0.05, 0) is 18.2 Å². The molecule has 1 aliphatic rings. The number of methoxy groups -OCH3 is 1. The van der Waals surface area contributed by atoms with E-state index in [1.54, 1.807) is 30.2 Å². The van der Waals surface area contributed by atoms with Gasteiger partial charge in [0, 0.05) is 18.0 Å². The molecule has 0 saturated carbocycles. The third-order valence-electron chi connectivity index (χ3n) is 3.91. The molecule has 0 radical (unpaired) electrons. The highest BCUT2D eigenvalue weighted by atomic mass is 16.5. The van der Waals surface area contributed by atoms with Crippen LogP contribution in [-0.4, -0.2) is 47.8 Å². The number of hydrogen-bond donors (Lipinski definition) is 0. The summed E-state index contributed by atoms with van der Waals surface area (Å²) in [6.07, 6.45) is -0.371. The smallest absolute Gasteiger partial charge is 0.254 e. The number of rotatable bonds is 4. The Kier molecular flexibility index (Phi) is 4.80. The second-order valence-corrected chi connectivity index (χ2v) is 5.99. The number of hydrogen-bond acceptors (Lipinski definition) is 6. The molecule has 0 bridgehead atoms. The predicted octanol–water partition coefficient (Wildman–Crippen LogP) is 2.42. The minimum absolute atomic E-state index is 0.0604. The fourth-order valence-electron chi connectivity index (χ4n) is 2.54. The van der Waals surface area contributed by atoms with E-state index in [4.69, 9.17) is 14.0 Å². The van der Waals surface area contributed by atoms with E-state index in [1.807, 2.05) is 19.9 Å². The predicted molar refractivity (Wildman–Crippen MR) is 86.0 cm³/mol. The highest BCUT2D eigenvalue weighted by Gasteiger charge is 2.29. The number of carbonyl (C=O) groups is 1. The Bertz CT molecular complexity index is 713. The molecule has 1 aromatic carbocycles. The lowest BCUT2D eigenvalue weighted by atomic mass is 10.1. The summed E-state index contributed by atoms with van der Waals surface area (Å²) in [7, 11) is 1.58. The fraction of sp³-hybridized carbons (Fsp3) is 0.471. The maximum atomic E-state index is 12.7. The number of benzene rings is 1. The molecule has 1 atom stereocenters. The summed E-state index contributed by atoms with van der Waals surface area (Å²) >= 11 is 0. The molecular weight excluding hydrogens is 310 g/mol. The van der Waals surface area contributed by atoms with E-state index in [-0.39, 0.29) is 17.9 Å². The highest BCUT2D eigenvalue weighted by Crippen LogP contribution is 2.23. The van der Waals surface area contributed by atoms with Crippen LogP contribution in [0.4, 0.5) is 0 Å². The van der Waals surface area contributed by atoms with Crippen molar-refractivity contribution in [2.24, 2.45) is 0 Å². The van der Waals surface area contributed by atoms with Crippen molar-refractivity contribution in [3.8, 4) is 5.75 Å². The van der Waals surface area contributed by atoms with Crippen LogP contribution in [0, 0.1) is 0 Å². The zero-order valence-corrected chi connectivity index (χ0v) is 14.1. The van der Waals surface area contributed by atoms with Crippen LogP contribution in [0.3, 0.4) is 0 Å². The maximum absolute atomic E-state index is 12.7. The summed E-state index contributed by atoms with van der Waals surface area (Å²) in [4.78, 5) is 18.8. The van der Waals surface area contributed by atoms with Crippen LogP contribution in [0.1, 0.15) is 47.9 Å². The SMILES string of the molecule is COc1cccc(C(=O)N2CCO[C@H](c3noc(C(C)C)n3)C2)c1. The molecule has 128 valence electrons. The molecule has 7 heteroatoms. The summed E-state index contributed by atoms with van der Waals surface area (Å²) in [5.41, 5.74) is 0.589. The molecular formula is C17H21N3O4. The van der Waals surface area contributed by atoms with Crippen LogP contribution in [0.5, 0.6) is 5.75 Å². The molecule has 0 spiro atoms. The Balaban J connectivity index is 1.73. The second-order valence-electron chi connectivity index (χ2n) is 5.99. The van der Waals surface area contributed by atoms with Gasteiger partial charge in [0.15, 0.2) is 0 Å². The molecule has 1 aromatic heterocycles. The second kappa shape index (κ2) is 7.00. The lowest BCUT2D eigenvalue weighted by Crippen LogP contribution is -2.42. The topological polar surface area (TPSA) is 77.7 Å². The largest absolute Gasteiger partial charge is 0.497 e. The standard InChI is InChI=1S/C17H21N3O4/c1-11(2)16-18-15(19-24-16)14-10-20(7-8-23-14)17(21)12-5-4-6-13(9-12)22-3/h4-6,9,11,14H,7-8,10H2,1-3H3/t14-/m0/s1. The highest BCUT2D eigenvalue weighted by molar-refractivity contribution is 5.94. The third kappa shape index (κ3) is 3.41. The molecule has 1 saturated heterocycles. The van der Waals surface area contributed by atoms with Crippen LogP contribution >= 0.6 is 0 Å². The van der Waals surface area contributed by atoms with Gasteiger partial charge in [0.1, 0.15) is 11.9 Å². The first-order valence-corrected chi connectivity index (χ1v) is 7.97. The molecule has 2 heterocycles. The van der Waals surface area contributed by atoms with Crippen molar-refractivity contribution in [1.29, 1.82) is 0 Å². The van der Waals surface area contributed by atoms with Gasteiger partial charge in [-0.1, -0.05) is 25.1 Å². The van der Waals surface area contributed by atoms with Gasteiger partial charge in [0.2, 0.25) is 11.7 Å². The molecule has 0 N–H and O–H groups in total. The number of carbonyl (C=O) groups excluding carboxylic acids is 1. The van der Waals surface area contributed by atoms with Crippen LogP contribution in [0.15, 0.2) is 28.8 Å². The summed E-state index contributed by atoms with van der Waals surface area (Å²) in [5, 5.41) is 3.99. The van der Waals surface area contributed by atoms with Gasteiger partial charge in [0.05, 0.1) is 20.3 Å². The lowest BCUT2D eigenvalue weighted by molar-refractivity contribution is -0.0276. The number of ether oxygens (including phenoxy) is 2. The third-order valence-corrected chi connectivity index (χ3v) is 3.91. The van der Waals surface area contributed by atoms with Crippen molar-refractivity contribution in [3.05, 3.63) is 41.5 Å². The van der Waals surface area contributed by atoms with E-state index < -0.39 is 0 Å². The molecule has 1 amide bonds. The van der Waals surface area contributed by atoms with Crippen molar-refractivity contribution in [3.63, 3.8) is 0 Å². The minimum Gasteiger partial charge on any atom is -0.497 e. The number of nitrogens with zero attached hydrogens (tertiary/aromatic N) is 3. The van der Waals surface area contributed by atoms with Crippen molar-refractivity contribution < 1.29 is 18.8 Å². The molecule has 24 heavy (non-hydrogen) atoms. The molecule has 1 aliphatic heterocycles. The van der Waals surface area contributed by atoms with E-state index in [2.05, 4.69) is 10.1 Å². The number of morpholine rings is 1. The van der Waals surface area contributed by atoms with E-state index >= 15 is 0 Å². The van der Waals surface area contributed by atoms with Gasteiger partial charge in [-0.2, -0.15) is 4.98 Å². The first-order valence-electron chi connectivity index (χ1n) is 7.97. The molecule has 2 aromatic rings.